The number of aryl methyl sites for hydroxylation is 2. The Kier molecular flexibility index (Phi) is 3.79. The number of alkyl halides is 1. The zero-order chi connectivity index (χ0) is 9.84. The van der Waals surface area contributed by atoms with Crippen LogP contribution in [0.25, 0.3) is 0 Å². The van der Waals surface area contributed by atoms with E-state index in [4.69, 9.17) is 4.74 Å². The lowest BCUT2D eigenvalue weighted by atomic mass is 10.1. The lowest BCUT2D eigenvalue weighted by Gasteiger charge is -2.10. The first-order valence-electron chi connectivity index (χ1n) is 4.48. The molecule has 1 rings (SSSR count). The predicted molar refractivity (Wildman–Crippen MR) is 59.7 cm³/mol. The van der Waals surface area contributed by atoms with E-state index >= 15 is 0 Å². The minimum atomic E-state index is 0.730. The van der Waals surface area contributed by atoms with Crippen molar-refractivity contribution >= 4 is 15.9 Å². The molecule has 72 valence electrons. The van der Waals surface area contributed by atoms with E-state index < -0.39 is 0 Å². The lowest BCUT2D eigenvalue weighted by molar-refractivity contribution is 0.337. The Morgan fingerprint density at radius 2 is 1.92 bits per heavy atom. The minimum absolute atomic E-state index is 0.730. The Hall–Kier alpha value is -0.500. The molecule has 1 aromatic rings. The van der Waals surface area contributed by atoms with Crippen LogP contribution in [0.15, 0.2) is 12.1 Å². The third-order valence-electron chi connectivity index (χ3n) is 2.08. The molecule has 0 saturated heterocycles. The van der Waals surface area contributed by atoms with Crippen LogP contribution in [0.1, 0.15) is 23.6 Å². The molecule has 0 aliphatic rings. The zero-order valence-electron chi connectivity index (χ0n) is 8.36. The van der Waals surface area contributed by atoms with Gasteiger partial charge in [-0.15, -0.1) is 0 Å². The van der Waals surface area contributed by atoms with Gasteiger partial charge in [0.05, 0.1) is 6.61 Å². The van der Waals surface area contributed by atoms with Gasteiger partial charge in [0, 0.05) is 5.33 Å². The fraction of sp³-hybridized carbons (Fsp3) is 0.455. The van der Waals surface area contributed by atoms with E-state index in [0.29, 0.717) is 0 Å². The van der Waals surface area contributed by atoms with E-state index in [-0.39, 0.29) is 0 Å². The summed E-state index contributed by atoms with van der Waals surface area (Å²) in [5, 5.41) is 0.909. The topological polar surface area (TPSA) is 9.23 Å². The van der Waals surface area contributed by atoms with Gasteiger partial charge < -0.3 is 4.74 Å². The van der Waals surface area contributed by atoms with Crippen LogP contribution in [-0.2, 0) is 5.33 Å². The van der Waals surface area contributed by atoms with Crippen LogP contribution in [0.4, 0.5) is 0 Å². The number of benzene rings is 1. The smallest absolute Gasteiger partial charge is 0.122 e. The molecule has 0 fully saturated rings. The maximum absolute atomic E-state index is 5.50. The second-order valence-electron chi connectivity index (χ2n) is 3.11. The fourth-order valence-corrected chi connectivity index (χ4v) is 1.91. The molecule has 0 aromatic heterocycles. The van der Waals surface area contributed by atoms with Gasteiger partial charge in [-0.2, -0.15) is 0 Å². The van der Waals surface area contributed by atoms with Gasteiger partial charge >= 0.3 is 0 Å². The summed E-state index contributed by atoms with van der Waals surface area (Å²) in [6.45, 7) is 6.93. The molecule has 0 aliphatic heterocycles. The third kappa shape index (κ3) is 2.47. The quantitative estimate of drug-likeness (QED) is 0.737. The molecule has 0 atom stereocenters. The van der Waals surface area contributed by atoms with Crippen LogP contribution in [0.3, 0.4) is 0 Å². The zero-order valence-corrected chi connectivity index (χ0v) is 9.94. The highest BCUT2D eigenvalue weighted by Crippen LogP contribution is 2.24. The Balaban J connectivity index is 3.05. The van der Waals surface area contributed by atoms with Crippen molar-refractivity contribution in [2.24, 2.45) is 0 Å². The molecular formula is C11H15BrO. The van der Waals surface area contributed by atoms with Crippen molar-refractivity contribution in [3.05, 3.63) is 28.8 Å². The summed E-state index contributed by atoms with van der Waals surface area (Å²) in [6.07, 6.45) is 0. The van der Waals surface area contributed by atoms with Gasteiger partial charge in [-0.05, 0) is 43.5 Å². The lowest BCUT2D eigenvalue weighted by Crippen LogP contribution is -1.96. The summed E-state index contributed by atoms with van der Waals surface area (Å²) in [6, 6.07) is 4.28. The molecule has 0 N–H and O–H groups in total. The van der Waals surface area contributed by atoms with Crippen molar-refractivity contribution in [3.8, 4) is 5.75 Å². The summed E-state index contributed by atoms with van der Waals surface area (Å²) in [5.74, 6) is 1.00. The monoisotopic (exact) mass is 242 g/mol. The van der Waals surface area contributed by atoms with Gasteiger partial charge in [0.1, 0.15) is 5.75 Å². The highest BCUT2D eigenvalue weighted by Gasteiger charge is 2.03. The highest BCUT2D eigenvalue weighted by molar-refractivity contribution is 9.08. The average molecular weight is 243 g/mol. The van der Waals surface area contributed by atoms with Crippen LogP contribution in [0.2, 0.25) is 0 Å². The minimum Gasteiger partial charge on any atom is -0.494 e. The largest absolute Gasteiger partial charge is 0.494 e. The number of halogens is 1. The second-order valence-corrected chi connectivity index (χ2v) is 3.67. The van der Waals surface area contributed by atoms with Crippen molar-refractivity contribution in [2.45, 2.75) is 26.1 Å². The predicted octanol–water partition coefficient (Wildman–Crippen LogP) is 3.60. The molecular weight excluding hydrogens is 228 g/mol. The van der Waals surface area contributed by atoms with E-state index in [1.165, 1.54) is 16.7 Å². The first-order valence-corrected chi connectivity index (χ1v) is 5.60. The number of ether oxygens (including phenoxy) is 1. The fourth-order valence-electron chi connectivity index (χ4n) is 1.30. The molecule has 0 radical (unpaired) electrons. The van der Waals surface area contributed by atoms with E-state index in [1.54, 1.807) is 0 Å². The Labute approximate surface area is 88.2 Å². The van der Waals surface area contributed by atoms with Gasteiger partial charge in [0.25, 0.3) is 0 Å². The van der Waals surface area contributed by atoms with E-state index in [1.807, 2.05) is 6.92 Å². The van der Waals surface area contributed by atoms with Gasteiger partial charge in [-0.1, -0.05) is 22.0 Å². The molecule has 1 nitrogen and oxygen atoms in total. The molecule has 2 heteroatoms. The van der Waals surface area contributed by atoms with Gasteiger partial charge in [-0.3, -0.25) is 0 Å². The molecule has 0 spiro atoms. The summed E-state index contributed by atoms with van der Waals surface area (Å²) in [7, 11) is 0. The van der Waals surface area contributed by atoms with E-state index in [0.717, 1.165) is 17.7 Å². The number of hydrogen-bond donors (Lipinski definition) is 0. The first-order chi connectivity index (χ1) is 6.19. The molecule has 0 heterocycles. The molecule has 0 amide bonds. The van der Waals surface area contributed by atoms with Gasteiger partial charge in [-0.25, -0.2) is 0 Å². The van der Waals surface area contributed by atoms with Crippen molar-refractivity contribution < 1.29 is 4.74 Å². The molecule has 0 aliphatic carbocycles. The normalized spacial score (nSPS) is 10.2. The average Bonchev–Trinajstić information content (AvgIpc) is 2.11. The van der Waals surface area contributed by atoms with Crippen LogP contribution >= 0.6 is 15.9 Å². The number of hydrogen-bond acceptors (Lipinski definition) is 1. The van der Waals surface area contributed by atoms with Crippen LogP contribution in [0, 0.1) is 13.8 Å². The standard InChI is InChI=1S/C11H15BrO/c1-4-13-11-6-8(2)10(7-12)5-9(11)3/h5-6H,4,7H2,1-3H3. The van der Waals surface area contributed by atoms with Gasteiger partial charge in [0.15, 0.2) is 0 Å². The Bertz CT molecular complexity index is 294. The third-order valence-corrected chi connectivity index (χ3v) is 2.68. The van der Waals surface area contributed by atoms with Crippen molar-refractivity contribution in [3.63, 3.8) is 0 Å². The highest BCUT2D eigenvalue weighted by atomic mass is 79.9. The summed E-state index contributed by atoms with van der Waals surface area (Å²) >= 11 is 3.47. The van der Waals surface area contributed by atoms with Gasteiger partial charge in [0.2, 0.25) is 0 Å². The molecule has 0 bridgehead atoms. The molecule has 1 aromatic carbocycles. The van der Waals surface area contributed by atoms with Crippen LogP contribution in [-0.4, -0.2) is 6.61 Å². The summed E-state index contributed by atoms with van der Waals surface area (Å²) in [4.78, 5) is 0. The Morgan fingerprint density at radius 3 is 2.46 bits per heavy atom. The molecule has 13 heavy (non-hydrogen) atoms. The van der Waals surface area contributed by atoms with Crippen LogP contribution < -0.4 is 4.74 Å². The number of rotatable bonds is 3. The summed E-state index contributed by atoms with van der Waals surface area (Å²) < 4.78 is 5.50. The van der Waals surface area contributed by atoms with Crippen molar-refractivity contribution in [1.82, 2.24) is 0 Å². The maximum atomic E-state index is 5.50. The molecule has 0 saturated carbocycles. The van der Waals surface area contributed by atoms with E-state index in [2.05, 4.69) is 41.9 Å². The second kappa shape index (κ2) is 4.66. The van der Waals surface area contributed by atoms with Crippen LogP contribution in [0.5, 0.6) is 5.75 Å². The SMILES string of the molecule is CCOc1cc(C)c(CBr)cc1C. The maximum Gasteiger partial charge on any atom is 0.122 e. The summed E-state index contributed by atoms with van der Waals surface area (Å²) in [5.41, 5.74) is 3.83. The van der Waals surface area contributed by atoms with E-state index in [9.17, 15) is 0 Å². The van der Waals surface area contributed by atoms with Crippen molar-refractivity contribution in [2.75, 3.05) is 6.61 Å². The Morgan fingerprint density at radius 1 is 1.23 bits per heavy atom. The molecule has 0 unspecified atom stereocenters. The first kappa shape index (κ1) is 10.6. The van der Waals surface area contributed by atoms with Crippen molar-refractivity contribution in [1.29, 1.82) is 0 Å².